The maximum Gasteiger partial charge on any atom is 0.216 e. The predicted octanol–water partition coefficient (Wildman–Crippen LogP) is 5.67. The third kappa shape index (κ3) is 2.42. The lowest BCUT2D eigenvalue weighted by Gasteiger charge is -2.11. The highest BCUT2D eigenvalue weighted by Crippen LogP contribution is 2.40. The molecule has 0 atom stereocenters. The van der Waals surface area contributed by atoms with E-state index in [1.165, 1.54) is 5.56 Å². The molecule has 4 heteroatoms. The van der Waals surface area contributed by atoms with Crippen molar-refractivity contribution < 1.29 is 0 Å². The normalized spacial score (nSPS) is 12.0. The number of nitrogens with zero attached hydrogens (tertiary/aromatic N) is 1. The molecular formula is C16H12Cl3N. The lowest BCUT2D eigenvalue weighted by Crippen LogP contribution is -1.99. The van der Waals surface area contributed by atoms with Crippen molar-refractivity contribution >= 4 is 45.7 Å². The van der Waals surface area contributed by atoms with Crippen LogP contribution in [0.5, 0.6) is 0 Å². The van der Waals surface area contributed by atoms with Gasteiger partial charge in [0.25, 0.3) is 0 Å². The molecule has 1 nitrogen and oxygen atoms in total. The van der Waals surface area contributed by atoms with Crippen LogP contribution in [-0.2, 0) is 10.8 Å². The Morgan fingerprint density at radius 2 is 1.60 bits per heavy atom. The van der Waals surface area contributed by atoms with Gasteiger partial charge in [-0.1, -0.05) is 71.2 Å². The smallest absolute Gasteiger partial charge is 0.216 e. The molecule has 0 aliphatic carbocycles. The van der Waals surface area contributed by atoms with E-state index in [-0.39, 0.29) is 0 Å². The molecule has 3 aromatic rings. The molecule has 0 fully saturated rings. The van der Waals surface area contributed by atoms with Gasteiger partial charge in [0.2, 0.25) is 3.79 Å². The highest BCUT2D eigenvalue weighted by molar-refractivity contribution is 6.66. The number of halogens is 3. The average molecular weight is 325 g/mol. The molecule has 1 aromatic heterocycles. The Bertz CT molecular complexity index is 754. The second-order valence-electron chi connectivity index (χ2n) is 4.73. The molecule has 0 spiro atoms. The van der Waals surface area contributed by atoms with E-state index in [9.17, 15) is 0 Å². The first-order chi connectivity index (χ1) is 9.47. The first kappa shape index (κ1) is 13.8. The van der Waals surface area contributed by atoms with E-state index in [2.05, 4.69) is 22.8 Å². The molecule has 0 bridgehead atoms. The molecule has 0 saturated carbocycles. The Kier molecular flexibility index (Phi) is 3.45. The Morgan fingerprint density at radius 3 is 2.25 bits per heavy atom. The van der Waals surface area contributed by atoms with Gasteiger partial charge in [0.1, 0.15) is 0 Å². The van der Waals surface area contributed by atoms with E-state index in [0.29, 0.717) is 5.56 Å². The summed E-state index contributed by atoms with van der Waals surface area (Å²) in [5.41, 5.74) is 4.10. The molecule has 0 saturated heterocycles. The second kappa shape index (κ2) is 5.00. The molecule has 3 rings (SSSR count). The second-order valence-corrected chi connectivity index (χ2v) is 7.01. The minimum absolute atomic E-state index is 0.681. The fraction of sp³-hybridized carbons (Fsp3) is 0.125. The van der Waals surface area contributed by atoms with Crippen molar-refractivity contribution in [1.82, 2.24) is 4.57 Å². The van der Waals surface area contributed by atoms with Gasteiger partial charge >= 0.3 is 0 Å². The number of hydrogen-bond acceptors (Lipinski definition) is 0. The first-order valence-electron chi connectivity index (χ1n) is 6.19. The lowest BCUT2D eigenvalue weighted by atomic mass is 10.1. The van der Waals surface area contributed by atoms with Gasteiger partial charge in [-0.25, -0.2) is 0 Å². The van der Waals surface area contributed by atoms with Crippen LogP contribution < -0.4 is 0 Å². The Hall–Kier alpha value is -1.15. The van der Waals surface area contributed by atoms with Crippen LogP contribution in [0.25, 0.3) is 22.2 Å². The van der Waals surface area contributed by atoms with Crippen LogP contribution in [0, 0.1) is 0 Å². The van der Waals surface area contributed by atoms with Crippen molar-refractivity contribution in [1.29, 1.82) is 0 Å². The topological polar surface area (TPSA) is 4.93 Å². The summed E-state index contributed by atoms with van der Waals surface area (Å²) < 4.78 is 0.754. The Balaban J connectivity index is 2.20. The number of aromatic nitrogens is 1. The van der Waals surface area contributed by atoms with Crippen molar-refractivity contribution in [2.75, 3.05) is 0 Å². The standard InChI is InChI=1S/C16H12Cl3N/c1-20-14-8-7-13(16(17,18)19)9-12(14)10-15(20)11-5-3-2-4-6-11/h2-10H,1H3. The maximum atomic E-state index is 5.95. The van der Waals surface area contributed by atoms with E-state index in [4.69, 9.17) is 34.8 Å². The highest BCUT2D eigenvalue weighted by Gasteiger charge is 2.23. The van der Waals surface area contributed by atoms with Crippen LogP contribution in [0.15, 0.2) is 54.6 Å². The average Bonchev–Trinajstić information content (AvgIpc) is 2.76. The molecule has 0 aliphatic heterocycles. The van der Waals surface area contributed by atoms with Gasteiger partial charge in [-0.15, -0.1) is 0 Å². The van der Waals surface area contributed by atoms with Crippen molar-refractivity contribution in [3.63, 3.8) is 0 Å². The van der Waals surface area contributed by atoms with E-state index in [1.807, 2.05) is 43.4 Å². The summed E-state index contributed by atoms with van der Waals surface area (Å²) in [4.78, 5) is 0. The number of aryl methyl sites for hydroxylation is 1. The van der Waals surface area contributed by atoms with Crippen LogP contribution in [0.2, 0.25) is 0 Å². The molecule has 0 aliphatic rings. The quantitative estimate of drug-likeness (QED) is 0.508. The fourth-order valence-electron chi connectivity index (χ4n) is 2.41. The van der Waals surface area contributed by atoms with Crippen LogP contribution in [0.3, 0.4) is 0 Å². The lowest BCUT2D eigenvalue weighted by molar-refractivity contribution is 0.978. The molecule has 0 radical (unpaired) electrons. The maximum absolute atomic E-state index is 5.95. The molecule has 0 N–H and O–H groups in total. The van der Waals surface area contributed by atoms with Crippen molar-refractivity contribution in [2.45, 2.75) is 3.79 Å². The summed E-state index contributed by atoms with van der Waals surface area (Å²) in [5.74, 6) is 0. The van der Waals surface area contributed by atoms with E-state index in [1.54, 1.807) is 0 Å². The third-order valence-electron chi connectivity index (χ3n) is 3.44. The fourth-order valence-corrected chi connectivity index (χ4v) is 2.76. The summed E-state index contributed by atoms with van der Waals surface area (Å²) in [6, 6.07) is 18.1. The SMILES string of the molecule is Cn1c(-c2ccccc2)cc2cc(C(Cl)(Cl)Cl)ccc21. The van der Waals surface area contributed by atoms with E-state index < -0.39 is 3.79 Å². The number of alkyl halides is 3. The largest absolute Gasteiger partial charge is 0.344 e. The molecule has 20 heavy (non-hydrogen) atoms. The molecule has 0 amide bonds. The summed E-state index contributed by atoms with van der Waals surface area (Å²) >= 11 is 17.8. The molecule has 2 aromatic carbocycles. The highest BCUT2D eigenvalue weighted by atomic mass is 35.6. The van der Waals surface area contributed by atoms with Gasteiger partial charge in [-0.3, -0.25) is 0 Å². The molecular weight excluding hydrogens is 313 g/mol. The minimum atomic E-state index is -1.39. The van der Waals surface area contributed by atoms with Gasteiger partial charge in [0.15, 0.2) is 0 Å². The number of rotatable bonds is 1. The predicted molar refractivity (Wildman–Crippen MR) is 87.6 cm³/mol. The number of benzene rings is 2. The van der Waals surface area contributed by atoms with Crippen molar-refractivity contribution in [2.24, 2.45) is 7.05 Å². The zero-order valence-electron chi connectivity index (χ0n) is 10.8. The summed E-state index contributed by atoms with van der Waals surface area (Å²) in [6.07, 6.45) is 0. The van der Waals surface area contributed by atoms with Crippen molar-refractivity contribution in [3.8, 4) is 11.3 Å². The summed E-state index contributed by atoms with van der Waals surface area (Å²) in [6.45, 7) is 0. The van der Waals surface area contributed by atoms with Gasteiger partial charge in [0, 0.05) is 29.2 Å². The Morgan fingerprint density at radius 1 is 0.900 bits per heavy atom. The van der Waals surface area contributed by atoms with E-state index >= 15 is 0 Å². The number of fused-ring (bicyclic) bond motifs is 1. The number of hydrogen-bond donors (Lipinski definition) is 0. The van der Waals surface area contributed by atoms with Gasteiger partial charge in [0.05, 0.1) is 0 Å². The molecule has 0 unspecified atom stereocenters. The summed E-state index contributed by atoms with van der Waals surface area (Å²) in [5, 5.41) is 1.06. The summed E-state index contributed by atoms with van der Waals surface area (Å²) in [7, 11) is 2.04. The minimum Gasteiger partial charge on any atom is -0.344 e. The van der Waals surface area contributed by atoms with Gasteiger partial charge in [-0.2, -0.15) is 0 Å². The Labute approximate surface area is 132 Å². The first-order valence-corrected chi connectivity index (χ1v) is 7.32. The zero-order valence-corrected chi connectivity index (χ0v) is 13.0. The van der Waals surface area contributed by atoms with Gasteiger partial charge in [-0.05, 0) is 23.8 Å². The molecule has 102 valence electrons. The van der Waals surface area contributed by atoms with Crippen LogP contribution >= 0.6 is 34.8 Å². The van der Waals surface area contributed by atoms with Crippen LogP contribution in [-0.4, -0.2) is 4.57 Å². The zero-order chi connectivity index (χ0) is 14.3. The van der Waals surface area contributed by atoms with Gasteiger partial charge < -0.3 is 4.57 Å². The van der Waals surface area contributed by atoms with Crippen molar-refractivity contribution in [3.05, 3.63) is 60.2 Å². The third-order valence-corrected chi connectivity index (χ3v) is 4.09. The van der Waals surface area contributed by atoms with Crippen LogP contribution in [0.1, 0.15) is 5.56 Å². The molecule has 1 heterocycles. The van der Waals surface area contributed by atoms with Crippen LogP contribution in [0.4, 0.5) is 0 Å². The monoisotopic (exact) mass is 323 g/mol. The van der Waals surface area contributed by atoms with E-state index in [0.717, 1.165) is 16.6 Å².